The summed E-state index contributed by atoms with van der Waals surface area (Å²) in [4.78, 5) is 19.6. The highest BCUT2D eigenvalue weighted by atomic mass is 32.2. The summed E-state index contributed by atoms with van der Waals surface area (Å²) < 4.78 is 27.8. The van der Waals surface area contributed by atoms with Crippen molar-refractivity contribution in [2.75, 3.05) is 23.3 Å². The summed E-state index contributed by atoms with van der Waals surface area (Å²) in [5.41, 5.74) is 0.299. The van der Waals surface area contributed by atoms with Gasteiger partial charge >= 0.3 is 0 Å². The molecule has 1 amide bonds. The maximum Gasteiger partial charge on any atom is 0.259 e. The van der Waals surface area contributed by atoms with Crippen molar-refractivity contribution in [1.29, 1.82) is 0 Å². The van der Waals surface area contributed by atoms with E-state index in [0.29, 0.717) is 17.1 Å². The van der Waals surface area contributed by atoms with Crippen molar-refractivity contribution in [3.05, 3.63) is 48.2 Å². The molecule has 0 atom stereocenters. The minimum absolute atomic E-state index is 0.104. The lowest BCUT2D eigenvalue weighted by molar-refractivity contribution is 0.102. The van der Waals surface area contributed by atoms with Crippen molar-refractivity contribution in [1.82, 2.24) is 9.71 Å². The first-order valence-corrected chi connectivity index (χ1v) is 11.3. The number of nitrogens with one attached hydrogen (secondary N) is 2. The third-order valence-corrected chi connectivity index (χ3v) is 6.29. The van der Waals surface area contributed by atoms with Gasteiger partial charge in [0, 0.05) is 30.5 Å². The van der Waals surface area contributed by atoms with Crippen LogP contribution >= 0.6 is 0 Å². The van der Waals surface area contributed by atoms with Gasteiger partial charge in [-0.25, -0.2) is 18.1 Å². The summed E-state index contributed by atoms with van der Waals surface area (Å²) in [5.74, 6) is 0.361. The molecule has 29 heavy (non-hydrogen) atoms. The van der Waals surface area contributed by atoms with Crippen LogP contribution in [-0.2, 0) is 10.0 Å². The van der Waals surface area contributed by atoms with Crippen LogP contribution in [0.5, 0.6) is 0 Å². The molecule has 1 saturated heterocycles. The van der Waals surface area contributed by atoms with Crippen LogP contribution in [0.3, 0.4) is 0 Å². The molecule has 0 bridgehead atoms. The van der Waals surface area contributed by atoms with Crippen molar-refractivity contribution in [3.8, 4) is 0 Å². The van der Waals surface area contributed by atoms with Gasteiger partial charge in [-0.3, -0.25) is 4.79 Å². The monoisotopic (exact) mass is 416 g/mol. The van der Waals surface area contributed by atoms with E-state index < -0.39 is 15.6 Å². The zero-order valence-electron chi connectivity index (χ0n) is 17.1. The number of carbonyl (C=O) groups is 1. The van der Waals surface area contributed by atoms with Crippen LogP contribution in [-0.4, -0.2) is 37.9 Å². The van der Waals surface area contributed by atoms with Gasteiger partial charge in [0.2, 0.25) is 10.0 Å². The first-order chi connectivity index (χ1) is 13.7. The number of nitrogens with zero attached hydrogens (tertiary/aromatic N) is 2. The number of benzene rings is 1. The molecular formula is C21H28N4O3S. The molecule has 2 N–H and O–H groups in total. The molecular weight excluding hydrogens is 388 g/mol. The molecule has 7 nitrogen and oxygen atoms in total. The van der Waals surface area contributed by atoms with Gasteiger partial charge in [0.05, 0.1) is 10.5 Å². The first-order valence-electron chi connectivity index (χ1n) is 9.81. The fourth-order valence-electron chi connectivity index (χ4n) is 3.33. The molecule has 0 unspecified atom stereocenters. The standard InChI is InChI=1S/C21H28N4O3S/c1-21(2,3)24-29(27,28)17-10-7-9-16(15-17)23-20(26)18-11-8-12-22-19(18)25-13-5-4-6-14-25/h7-12,15,24H,4-6,13-14H2,1-3H3,(H,23,26). The molecule has 2 heterocycles. The van der Waals surface area contributed by atoms with Gasteiger partial charge in [-0.15, -0.1) is 0 Å². The smallest absolute Gasteiger partial charge is 0.259 e. The summed E-state index contributed by atoms with van der Waals surface area (Å²) in [6.07, 6.45) is 5.04. The lowest BCUT2D eigenvalue weighted by Gasteiger charge is -2.29. The summed E-state index contributed by atoms with van der Waals surface area (Å²) >= 11 is 0. The van der Waals surface area contributed by atoms with E-state index in [9.17, 15) is 13.2 Å². The number of piperidine rings is 1. The number of anilines is 2. The second-order valence-electron chi connectivity index (χ2n) is 8.26. The summed E-state index contributed by atoms with van der Waals surface area (Å²) in [5, 5.41) is 2.82. The van der Waals surface area contributed by atoms with E-state index >= 15 is 0 Å². The van der Waals surface area contributed by atoms with Crippen LogP contribution in [0.15, 0.2) is 47.5 Å². The quantitative estimate of drug-likeness (QED) is 0.779. The van der Waals surface area contributed by atoms with Gasteiger partial charge < -0.3 is 10.2 Å². The number of pyridine rings is 1. The molecule has 0 saturated carbocycles. The highest BCUT2D eigenvalue weighted by molar-refractivity contribution is 7.89. The Labute approximate surface area is 172 Å². The topological polar surface area (TPSA) is 91.4 Å². The van der Waals surface area contributed by atoms with Gasteiger partial charge in [-0.05, 0) is 70.4 Å². The van der Waals surface area contributed by atoms with Crippen LogP contribution in [0.2, 0.25) is 0 Å². The molecule has 2 aromatic rings. The number of sulfonamides is 1. The molecule has 8 heteroatoms. The summed E-state index contributed by atoms with van der Waals surface area (Å²) in [7, 11) is -3.69. The number of rotatable bonds is 5. The second kappa shape index (κ2) is 8.51. The molecule has 1 aromatic carbocycles. The van der Waals surface area contributed by atoms with Crippen molar-refractivity contribution < 1.29 is 13.2 Å². The van der Waals surface area contributed by atoms with Crippen molar-refractivity contribution in [2.24, 2.45) is 0 Å². The lowest BCUT2D eigenvalue weighted by atomic mass is 10.1. The fraction of sp³-hybridized carbons (Fsp3) is 0.429. The van der Waals surface area contributed by atoms with E-state index in [4.69, 9.17) is 0 Å². The number of hydrogen-bond acceptors (Lipinski definition) is 5. The summed E-state index contributed by atoms with van der Waals surface area (Å²) in [6.45, 7) is 7.09. The average molecular weight is 417 g/mol. The number of amides is 1. The van der Waals surface area contributed by atoms with E-state index in [-0.39, 0.29) is 10.8 Å². The molecule has 1 aliphatic rings. The van der Waals surface area contributed by atoms with Gasteiger partial charge in [0.25, 0.3) is 5.91 Å². The molecule has 1 aliphatic heterocycles. The number of carbonyl (C=O) groups excluding carboxylic acids is 1. The van der Waals surface area contributed by atoms with E-state index in [1.54, 1.807) is 51.2 Å². The molecule has 1 fully saturated rings. The van der Waals surface area contributed by atoms with Crippen LogP contribution in [0.1, 0.15) is 50.4 Å². The molecule has 0 aliphatic carbocycles. The molecule has 156 valence electrons. The molecule has 0 spiro atoms. The minimum Gasteiger partial charge on any atom is -0.356 e. The van der Waals surface area contributed by atoms with Crippen molar-refractivity contribution in [3.63, 3.8) is 0 Å². The molecule has 0 radical (unpaired) electrons. The van der Waals surface area contributed by atoms with Gasteiger partial charge in [0.15, 0.2) is 0 Å². The number of hydrogen-bond donors (Lipinski definition) is 2. The molecule has 3 rings (SSSR count). The summed E-state index contributed by atoms with van der Waals surface area (Å²) in [6, 6.07) is 9.73. The highest BCUT2D eigenvalue weighted by Crippen LogP contribution is 2.23. The Morgan fingerprint density at radius 3 is 2.48 bits per heavy atom. The van der Waals surface area contributed by atoms with Crippen LogP contribution in [0, 0.1) is 0 Å². The van der Waals surface area contributed by atoms with Crippen molar-refractivity contribution >= 4 is 27.4 Å². The SMILES string of the molecule is CC(C)(C)NS(=O)(=O)c1cccc(NC(=O)c2cccnc2N2CCCCC2)c1. The van der Waals surface area contributed by atoms with E-state index in [2.05, 4.69) is 19.9 Å². The number of aromatic nitrogens is 1. The van der Waals surface area contributed by atoms with E-state index in [1.165, 1.54) is 18.6 Å². The maximum absolute atomic E-state index is 12.9. The van der Waals surface area contributed by atoms with Gasteiger partial charge in [0.1, 0.15) is 5.82 Å². The third-order valence-electron chi connectivity index (χ3n) is 4.53. The Hall–Kier alpha value is -2.45. The van der Waals surface area contributed by atoms with E-state index in [1.807, 2.05) is 0 Å². The zero-order valence-corrected chi connectivity index (χ0v) is 17.9. The molecule has 1 aromatic heterocycles. The van der Waals surface area contributed by atoms with Gasteiger partial charge in [-0.1, -0.05) is 6.07 Å². The van der Waals surface area contributed by atoms with Crippen molar-refractivity contribution in [2.45, 2.75) is 50.5 Å². The predicted molar refractivity (Wildman–Crippen MR) is 115 cm³/mol. The second-order valence-corrected chi connectivity index (χ2v) is 9.94. The van der Waals surface area contributed by atoms with Crippen LogP contribution < -0.4 is 14.9 Å². The Morgan fingerprint density at radius 2 is 1.79 bits per heavy atom. The third kappa shape index (κ3) is 5.55. The normalized spacial score (nSPS) is 15.2. The van der Waals surface area contributed by atoms with Crippen LogP contribution in [0.25, 0.3) is 0 Å². The Morgan fingerprint density at radius 1 is 1.07 bits per heavy atom. The van der Waals surface area contributed by atoms with Gasteiger partial charge in [-0.2, -0.15) is 0 Å². The minimum atomic E-state index is -3.69. The highest BCUT2D eigenvalue weighted by Gasteiger charge is 2.23. The Bertz CT molecular complexity index is 977. The predicted octanol–water partition coefficient (Wildman–Crippen LogP) is 3.40. The van der Waals surface area contributed by atoms with Crippen LogP contribution in [0.4, 0.5) is 11.5 Å². The largest absolute Gasteiger partial charge is 0.356 e. The Kier molecular flexibility index (Phi) is 6.24. The maximum atomic E-state index is 12.9. The fourth-order valence-corrected chi connectivity index (χ4v) is 4.80. The Balaban J connectivity index is 1.82. The average Bonchev–Trinajstić information content (AvgIpc) is 2.67. The zero-order chi connectivity index (χ0) is 21.1. The lowest BCUT2D eigenvalue weighted by Crippen LogP contribution is -2.40. The van der Waals surface area contributed by atoms with E-state index in [0.717, 1.165) is 25.9 Å². The first kappa shape index (κ1) is 21.3.